The number of sulfonamides is 1. The van der Waals surface area contributed by atoms with Gasteiger partial charge in [0, 0.05) is 5.02 Å². The molecule has 23 heavy (non-hydrogen) atoms. The largest absolute Gasteiger partial charge is 0.279 e. The second-order valence-corrected chi connectivity index (χ2v) is 7.12. The molecule has 0 radical (unpaired) electrons. The van der Waals surface area contributed by atoms with Gasteiger partial charge in [-0.05, 0) is 43.2 Å². The van der Waals surface area contributed by atoms with Gasteiger partial charge in [0.25, 0.3) is 10.0 Å². The van der Waals surface area contributed by atoms with E-state index in [9.17, 15) is 13.7 Å². The van der Waals surface area contributed by atoms with Crippen LogP contribution in [0.4, 0.5) is 5.69 Å². The van der Waals surface area contributed by atoms with Crippen molar-refractivity contribution in [3.63, 3.8) is 0 Å². The highest BCUT2D eigenvalue weighted by atomic mass is 35.5. The van der Waals surface area contributed by atoms with E-state index in [1.807, 2.05) is 13.0 Å². The van der Waals surface area contributed by atoms with E-state index in [1.165, 1.54) is 6.08 Å². The lowest BCUT2D eigenvalue weighted by Crippen LogP contribution is -2.15. The molecule has 0 spiro atoms. The third-order valence-corrected chi connectivity index (χ3v) is 4.84. The molecule has 6 heteroatoms. The van der Waals surface area contributed by atoms with Crippen LogP contribution in [0.25, 0.3) is 6.08 Å². The Morgan fingerprint density at radius 1 is 1.22 bits per heavy atom. The lowest BCUT2D eigenvalue weighted by atomic mass is 10.1. The minimum absolute atomic E-state index is 0.377. The maximum Gasteiger partial charge on any atom is 0.272 e. The fraction of sp³-hybridized carbons (Fsp3) is 0.118. The lowest BCUT2D eigenvalue weighted by Gasteiger charge is -2.10. The number of allylic oxidation sites excluding steroid dienone is 1. The van der Waals surface area contributed by atoms with Crippen molar-refractivity contribution in [2.24, 2.45) is 0 Å². The van der Waals surface area contributed by atoms with Crippen LogP contribution in [0, 0.1) is 25.2 Å². The Morgan fingerprint density at radius 3 is 2.52 bits per heavy atom. The normalized spacial score (nSPS) is 11.8. The van der Waals surface area contributed by atoms with E-state index < -0.39 is 14.9 Å². The van der Waals surface area contributed by atoms with Gasteiger partial charge in [-0.15, -0.1) is 0 Å². The molecule has 0 aliphatic carbocycles. The van der Waals surface area contributed by atoms with Crippen molar-refractivity contribution in [2.45, 2.75) is 13.8 Å². The molecular formula is C17H15ClN2O2S. The van der Waals surface area contributed by atoms with Crippen molar-refractivity contribution in [1.82, 2.24) is 0 Å². The number of rotatable bonds is 4. The number of nitrogens with zero attached hydrogens (tertiary/aromatic N) is 1. The molecule has 0 bridgehead atoms. The molecule has 0 atom stereocenters. The molecule has 0 saturated carbocycles. The molecule has 4 nitrogen and oxygen atoms in total. The first-order valence-corrected chi connectivity index (χ1v) is 8.66. The molecule has 0 aromatic heterocycles. The molecule has 0 amide bonds. The Morgan fingerprint density at radius 2 is 1.91 bits per heavy atom. The zero-order valence-electron chi connectivity index (χ0n) is 12.7. The van der Waals surface area contributed by atoms with Gasteiger partial charge in [0.05, 0.1) is 5.69 Å². The Labute approximate surface area is 141 Å². The second kappa shape index (κ2) is 6.86. The fourth-order valence-corrected chi connectivity index (χ4v) is 3.25. The van der Waals surface area contributed by atoms with Crippen molar-refractivity contribution in [1.29, 1.82) is 5.26 Å². The summed E-state index contributed by atoms with van der Waals surface area (Å²) in [6, 6.07) is 13.8. The first-order valence-electron chi connectivity index (χ1n) is 6.80. The van der Waals surface area contributed by atoms with Crippen molar-refractivity contribution in [3.05, 3.63) is 69.1 Å². The SMILES string of the molecule is Cc1ccc(NS(=O)(=O)C(C#N)=Cc2ccccc2Cl)c(C)c1. The summed E-state index contributed by atoms with van der Waals surface area (Å²) < 4.78 is 27.3. The molecule has 0 heterocycles. The number of halogens is 1. The standard InChI is InChI=1S/C17H15ClN2O2S/c1-12-7-8-17(13(2)9-12)20-23(21,22)15(11-19)10-14-5-3-4-6-16(14)18/h3-10,20H,1-2H3. The summed E-state index contributed by atoms with van der Waals surface area (Å²) in [6.45, 7) is 3.72. The smallest absolute Gasteiger partial charge is 0.272 e. The predicted molar refractivity (Wildman–Crippen MR) is 93.5 cm³/mol. The summed E-state index contributed by atoms with van der Waals surface area (Å²) in [6.07, 6.45) is 1.26. The maximum atomic E-state index is 12.4. The van der Waals surface area contributed by atoms with E-state index in [0.717, 1.165) is 11.1 Å². The third-order valence-electron chi connectivity index (χ3n) is 3.22. The average Bonchev–Trinajstić information content (AvgIpc) is 2.49. The molecule has 0 fully saturated rings. The minimum atomic E-state index is -3.98. The average molecular weight is 347 g/mol. The summed E-state index contributed by atoms with van der Waals surface area (Å²) in [5, 5.41) is 9.60. The number of aryl methyl sites for hydroxylation is 2. The van der Waals surface area contributed by atoms with Gasteiger partial charge in [0.15, 0.2) is 4.91 Å². The van der Waals surface area contributed by atoms with E-state index in [4.69, 9.17) is 11.6 Å². The van der Waals surface area contributed by atoms with Gasteiger partial charge >= 0.3 is 0 Å². The highest BCUT2D eigenvalue weighted by Crippen LogP contribution is 2.23. The van der Waals surface area contributed by atoms with Crippen LogP contribution in [-0.4, -0.2) is 8.42 Å². The zero-order valence-corrected chi connectivity index (χ0v) is 14.2. The van der Waals surface area contributed by atoms with Crippen LogP contribution >= 0.6 is 11.6 Å². The Balaban J connectivity index is 2.41. The van der Waals surface area contributed by atoms with Crippen molar-refractivity contribution in [2.75, 3.05) is 4.72 Å². The summed E-state index contributed by atoms with van der Waals surface area (Å²) in [4.78, 5) is -0.398. The predicted octanol–water partition coefficient (Wildman–Crippen LogP) is 4.26. The van der Waals surface area contributed by atoms with Gasteiger partial charge in [-0.3, -0.25) is 4.72 Å². The van der Waals surface area contributed by atoms with E-state index in [1.54, 1.807) is 49.4 Å². The highest BCUT2D eigenvalue weighted by molar-refractivity contribution is 7.97. The molecule has 0 saturated heterocycles. The van der Waals surface area contributed by atoms with Crippen molar-refractivity contribution >= 4 is 33.4 Å². The van der Waals surface area contributed by atoms with Gasteiger partial charge in [-0.2, -0.15) is 5.26 Å². The molecule has 2 aromatic rings. The topological polar surface area (TPSA) is 70.0 Å². The zero-order chi connectivity index (χ0) is 17.0. The molecule has 118 valence electrons. The van der Waals surface area contributed by atoms with E-state index in [2.05, 4.69) is 4.72 Å². The Kier molecular flexibility index (Phi) is 5.09. The van der Waals surface area contributed by atoms with Crippen LogP contribution in [0.3, 0.4) is 0 Å². The van der Waals surface area contributed by atoms with Gasteiger partial charge in [0.2, 0.25) is 0 Å². The van der Waals surface area contributed by atoms with Crippen LogP contribution in [-0.2, 0) is 10.0 Å². The lowest BCUT2D eigenvalue weighted by molar-refractivity contribution is 0.608. The van der Waals surface area contributed by atoms with Gasteiger partial charge in [-0.25, -0.2) is 8.42 Å². The van der Waals surface area contributed by atoms with Crippen LogP contribution in [0.2, 0.25) is 5.02 Å². The van der Waals surface area contributed by atoms with Gasteiger partial charge < -0.3 is 0 Å². The van der Waals surface area contributed by atoms with Crippen molar-refractivity contribution < 1.29 is 8.42 Å². The first-order chi connectivity index (χ1) is 10.8. The molecule has 2 rings (SSSR count). The van der Waals surface area contributed by atoms with Crippen LogP contribution in [0.5, 0.6) is 0 Å². The van der Waals surface area contributed by atoms with Gasteiger partial charge in [-0.1, -0.05) is 47.5 Å². The monoisotopic (exact) mass is 346 g/mol. The summed E-state index contributed by atoms with van der Waals surface area (Å²) in [5.41, 5.74) is 2.72. The number of hydrogen-bond acceptors (Lipinski definition) is 3. The number of nitriles is 1. The van der Waals surface area contributed by atoms with Gasteiger partial charge in [0.1, 0.15) is 6.07 Å². The van der Waals surface area contributed by atoms with Crippen LogP contribution < -0.4 is 4.72 Å². The fourth-order valence-electron chi connectivity index (χ4n) is 2.03. The molecule has 2 aromatic carbocycles. The molecule has 0 aliphatic heterocycles. The summed E-state index contributed by atoms with van der Waals surface area (Å²) in [5.74, 6) is 0. The van der Waals surface area contributed by atoms with Crippen LogP contribution in [0.15, 0.2) is 47.4 Å². The third kappa shape index (κ3) is 4.13. The number of anilines is 1. The van der Waals surface area contributed by atoms with E-state index in [-0.39, 0.29) is 0 Å². The van der Waals surface area contributed by atoms with E-state index in [0.29, 0.717) is 16.3 Å². The Hall–Kier alpha value is -2.29. The quantitative estimate of drug-likeness (QED) is 0.841. The molecular weight excluding hydrogens is 332 g/mol. The summed E-state index contributed by atoms with van der Waals surface area (Å²) >= 11 is 6.01. The number of hydrogen-bond donors (Lipinski definition) is 1. The number of benzene rings is 2. The Bertz CT molecular complexity index is 912. The first kappa shape index (κ1) is 17.1. The van der Waals surface area contributed by atoms with Crippen LogP contribution in [0.1, 0.15) is 16.7 Å². The maximum absolute atomic E-state index is 12.4. The molecule has 1 N–H and O–H groups in total. The summed E-state index contributed by atoms with van der Waals surface area (Å²) in [7, 11) is -3.98. The number of nitrogens with one attached hydrogen (secondary N) is 1. The van der Waals surface area contributed by atoms with Crippen molar-refractivity contribution in [3.8, 4) is 6.07 Å². The highest BCUT2D eigenvalue weighted by Gasteiger charge is 2.19. The molecule has 0 aliphatic rings. The molecule has 0 unspecified atom stereocenters. The van der Waals surface area contributed by atoms with E-state index >= 15 is 0 Å². The minimum Gasteiger partial charge on any atom is -0.279 e. The second-order valence-electron chi connectivity index (χ2n) is 5.07.